The zero-order valence-electron chi connectivity index (χ0n) is 37.2. The maximum atomic E-state index is 13.7. The first kappa shape index (κ1) is 39.0. The van der Waals surface area contributed by atoms with E-state index in [0.717, 1.165) is 25.7 Å². The van der Waals surface area contributed by atoms with Crippen LogP contribution in [-0.2, 0) is 23.2 Å². The molecule has 0 saturated carbocycles. The van der Waals surface area contributed by atoms with Crippen molar-refractivity contribution >= 4 is 28.5 Å². The number of carbonyl (C=O) groups is 2. The van der Waals surface area contributed by atoms with Gasteiger partial charge in [0.05, 0.1) is 17.9 Å². The van der Waals surface area contributed by atoms with Crippen molar-refractivity contribution in [1.82, 2.24) is 5.32 Å². The monoisotopic (exact) mass is 723 g/mol. The third-order valence-corrected chi connectivity index (χ3v) is 21.2. The summed E-state index contributed by atoms with van der Waals surface area (Å²) in [6.45, 7) is 30.6. The Morgan fingerprint density at radius 1 is 0.980 bits per heavy atom. The van der Waals surface area contributed by atoms with Crippen LogP contribution in [0.2, 0.25) is 36.3 Å². The Labute approximate surface area is 308 Å². The molecular formula is C41H77NO5Si2. The molecule has 0 aliphatic heterocycles. The van der Waals surface area contributed by atoms with E-state index in [-0.39, 0.29) is 58.3 Å². The summed E-state index contributed by atoms with van der Waals surface area (Å²) >= 11 is 0. The molecule has 0 aromatic carbocycles. The van der Waals surface area contributed by atoms with Gasteiger partial charge < -0.3 is 18.9 Å². The van der Waals surface area contributed by atoms with Crippen LogP contribution in [0, 0.1) is 29.1 Å². The second-order valence-electron chi connectivity index (χ2n) is 18.6. The van der Waals surface area contributed by atoms with Crippen LogP contribution in [0.4, 0.5) is 0 Å². The second-order valence-corrected chi connectivity index (χ2v) is 28.2. The van der Waals surface area contributed by atoms with Crippen molar-refractivity contribution in [1.29, 1.82) is 0 Å². The number of nitrogens with one attached hydrogen (secondary N) is 1. The van der Waals surface area contributed by atoms with Gasteiger partial charge in [-0.05, 0) is 112 Å². The van der Waals surface area contributed by atoms with Gasteiger partial charge in [0.25, 0.3) is 0 Å². The first-order valence-electron chi connectivity index (χ1n) is 20.8. The second kappa shape index (κ2) is 17.5. The Morgan fingerprint density at radius 3 is 2.10 bits per heavy atom. The smallest absolute Gasteiger partial charge is 0.311 e. The Morgan fingerprint density at radius 2 is 1.57 bits per heavy atom. The summed E-state index contributed by atoms with van der Waals surface area (Å²) in [6, 6.07) is 0. The number of hydrogen-bond donors (Lipinski definition) is 1. The molecule has 2 rings (SSSR count). The Balaban J connectivity index is 2.50. The van der Waals surface area contributed by atoms with E-state index in [1.807, 2.05) is 0 Å². The zero-order chi connectivity index (χ0) is 40.1. The molecule has 0 aromatic heterocycles. The average Bonchev–Trinajstić information content (AvgIpc) is 2.98. The van der Waals surface area contributed by atoms with Crippen LogP contribution in [0.1, 0.15) is 138 Å². The van der Waals surface area contributed by atoms with Gasteiger partial charge in [-0.25, -0.2) is 0 Å². The van der Waals surface area contributed by atoms with Gasteiger partial charge in [0.1, 0.15) is 6.10 Å². The van der Waals surface area contributed by atoms with Crippen molar-refractivity contribution in [2.75, 3.05) is 6.54 Å². The van der Waals surface area contributed by atoms with E-state index in [0.29, 0.717) is 25.8 Å². The maximum Gasteiger partial charge on any atom is 0.311 e. The lowest BCUT2D eigenvalue weighted by Crippen LogP contribution is -2.48. The average molecular weight is 723 g/mol. The summed E-state index contributed by atoms with van der Waals surface area (Å²) < 4.78 is 45.0. The summed E-state index contributed by atoms with van der Waals surface area (Å²) in [5.74, 6) is -0.0266. The van der Waals surface area contributed by atoms with E-state index >= 15 is 0 Å². The third-order valence-electron chi connectivity index (χ3n) is 12.2. The molecule has 49 heavy (non-hydrogen) atoms. The van der Waals surface area contributed by atoms with E-state index in [1.165, 1.54) is 12.5 Å². The van der Waals surface area contributed by atoms with E-state index < -0.39 is 41.0 Å². The summed E-state index contributed by atoms with van der Waals surface area (Å²) in [6.07, 6.45) is 11.4. The molecule has 8 atom stereocenters. The van der Waals surface area contributed by atoms with E-state index in [1.54, 1.807) is 6.92 Å². The van der Waals surface area contributed by atoms with Crippen LogP contribution >= 0.6 is 0 Å². The highest BCUT2D eigenvalue weighted by molar-refractivity contribution is 6.74. The van der Waals surface area contributed by atoms with Crippen molar-refractivity contribution < 1.29 is 27.3 Å². The van der Waals surface area contributed by atoms with Crippen molar-refractivity contribution in [3.8, 4) is 0 Å². The highest BCUT2D eigenvalue weighted by atomic mass is 28.4. The van der Waals surface area contributed by atoms with Gasteiger partial charge in [-0.1, -0.05) is 93.9 Å². The van der Waals surface area contributed by atoms with Crippen molar-refractivity contribution in [2.45, 2.75) is 189 Å². The van der Waals surface area contributed by atoms with E-state index in [2.05, 4.69) is 112 Å². The highest BCUT2D eigenvalue weighted by Crippen LogP contribution is 2.47. The van der Waals surface area contributed by atoms with E-state index in [4.69, 9.17) is 17.7 Å². The van der Waals surface area contributed by atoms with Crippen LogP contribution in [0.5, 0.6) is 0 Å². The Hall–Kier alpha value is -1.23. The fraction of sp³-hybridized carbons (Fsp3) is 0.854. The molecule has 6 nitrogen and oxygen atoms in total. The molecule has 0 spiro atoms. The van der Waals surface area contributed by atoms with Crippen LogP contribution < -0.4 is 5.32 Å². The lowest BCUT2D eigenvalue weighted by Gasteiger charge is -2.45. The van der Waals surface area contributed by atoms with Gasteiger partial charge in [-0.15, -0.1) is 0 Å². The Bertz CT molecular complexity index is 1250. The fourth-order valence-corrected chi connectivity index (χ4v) is 9.34. The SMILES string of the molecule is [2H]C([2H])([2H])[C@@](C)(CC)C(=O)O[C@H]1C[C@@H](C)C=C2C=C[C@H](C)[C@H](CC[C@H](C[C@H](CC(=O)NCCCC)O[Si](C)(C)C(C)(C)C)O[Si](C)(C)C(C)(C)C)[C@H]21. The number of unbranched alkanes of at least 4 members (excludes halogenated alkanes) is 1. The molecule has 0 heterocycles. The lowest BCUT2D eigenvalue weighted by molar-refractivity contribution is -0.164. The van der Waals surface area contributed by atoms with Crippen LogP contribution in [-0.4, -0.2) is 53.4 Å². The molecule has 0 fully saturated rings. The molecule has 2 aliphatic rings. The molecule has 0 bridgehead atoms. The van der Waals surface area contributed by atoms with Crippen molar-refractivity contribution in [2.24, 2.45) is 29.1 Å². The highest BCUT2D eigenvalue weighted by Gasteiger charge is 2.45. The number of ether oxygens (including phenoxy) is 1. The minimum atomic E-state index is -2.46. The van der Waals surface area contributed by atoms with Gasteiger partial charge in [0, 0.05) is 22.7 Å². The number of hydrogen-bond acceptors (Lipinski definition) is 5. The molecule has 0 aromatic rings. The number of carbonyl (C=O) groups excluding carboxylic acids is 2. The number of rotatable bonds is 17. The maximum absolute atomic E-state index is 13.7. The summed E-state index contributed by atoms with van der Waals surface area (Å²) in [7, 11) is -4.43. The van der Waals surface area contributed by atoms with Gasteiger partial charge in [-0.2, -0.15) is 0 Å². The molecule has 8 heteroatoms. The predicted molar refractivity (Wildman–Crippen MR) is 212 cm³/mol. The first-order valence-corrected chi connectivity index (χ1v) is 25.1. The van der Waals surface area contributed by atoms with Gasteiger partial charge in [0.15, 0.2) is 16.6 Å². The lowest BCUT2D eigenvalue weighted by atomic mass is 9.65. The molecule has 0 radical (unpaired) electrons. The van der Waals surface area contributed by atoms with Crippen molar-refractivity contribution in [3.05, 3.63) is 23.8 Å². The third kappa shape index (κ3) is 12.5. The molecule has 1 N–H and O–H groups in total. The molecule has 1 amide bonds. The van der Waals surface area contributed by atoms with Gasteiger partial charge in [-0.3, -0.25) is 9.59 Å². The molecule has 0 saturated heterocycles. The normalized spacial score (nSPS) is 27.0. The summed E-state index contributed by atoms with van der Waals surface area (Å²) in [4.78, 5) is 27.0. The fourth-order valence-electron chi connectivity index (χ4n) is 6.57. The number of amides is 1. The number of fused-ring (bicyclic) bond motifs is 1. The van der Waals surface area contributed by atoms with Crippen LogP contribution in [0.3, 0.4) is 0 Å². The molecular weight excluding hydrogens is 643 g/mol. The predicted octanol–water partition coefficient (Wildman–Crippen LogP) is 11.0. The standard InChI is InChI=1S/C41H77NO5Si2/c1-17-19-24-42-36(43)28-33(47-49(15,16)40(8,9)10)27-32(46-48(13,14)39(5,6)7)22-23-34-30(4)20-21-31-25-29(3)26-35(37(31)34)45-38(44)41(11,12)18-2/h20-21,25,29-30,32-35,37H,17-19,22-24,26-28H2,1-16H3,(H,42,43)/t29-,30-,32+,33+,34-,35-,37-/m0/s1/i11D3/t29-,30-,32+,33+,34-,35-,37-,41+. The number of allylic oxidation sites excluding steroid dienone is 3. The van der Waals surface area contributed by atoms with Crippen LogP contribution in [0.15, 0.2) is 23.8 Å². The minimum absolute atomic E-state index is 0.00282. The largest absolute Gasteiger partial charge is 0.461 e. The first-order chi connectivity index (χ1) is 23.6. The molecule has 0 unspecified atom stereocenters. The van der Waals surface area contributed by atoms with E-state index in [9.17, 15) is 9.59 Å². The van der Waals surface area contributed by atoms with Gasteiger partial charge in [0.2, 0.25) is 5.91 Å². The minimum Gasteiger partial charge on any atom is -0.461 e. The quantitative estimate of drug-likeness (QED) is 0.0919. The molecule has 284 valence electrons. The zero-order valence-corrected chi connectivity index (χ0v) is 36.2. The Kier molecular flexibility index (Phi) is 13.9. The number of esters is 1. The van der Waals surface area contributed by atoms with Gasteiger partial charge >= 0.3 is 5.97 Å². The summed E-state index contributed by atoms with van der Waals surface area (Å²) in [5, 5.41) is 3.12. The molecule has 2 aliphatic carbocycles. The topological polar surface area (TPSA) is 73.9 Å². The van der Waals surface area contributed by atoms with Crippen molar-refractivity contribution in [3.63, 3.8) is 0 Å². The van der Waals surface area contributed by atoms with Crippen LogP contribution in [0.25, 0.3) is 0 Å². The summed E-state index contributed by atoms with van der Waals surface area (Å²) in [5.41, 5.74) is -0.385.